The van der Waals surface area contributed by atoms with E-state index in [2.05, 4.69) is 5.32 Å². The van der Waals surface area contributed by atoms with Crippen molar-refractivity contribution in [2.24, 2.45) is 0 Å². The molecular formula is C14H10F5N. The molecule has 0 aliphatic carbocycles. The predicted molar refractivity (Wildman–Crippen MR) is 65.1 cm³/mol. The fraction of sp³-hybridized carbons (Fsp3) is 0.143. The van der Waals surface area contributed by atoms with Gasteiger partial charge in [-0.2, -0.15) is 13.2 Å². The van der Waals surface area contributed by atoms with E-state index in [0.29, 0.717) is 6.07 Å². The van der Waals surface area contributed by atoms with Crippen LogP contribution in [0.5, 0.6) is 0 Å². The minimum atomic E-state index is -4.47. The zero-order chi connectivity index (χ0) is 14.8. The van der Waals surface area contributed by atoms with Crippen LogP contribution in [0.15, 0.2) is 42.5 Å². The summed E-state index contributed by atoms with van der Waals surface area (Å²) < 4.78 is 64.3. The van der Waals surface area contributed by atoms with E-state index in [1.54, 1.807) is 0 Å². The Kier molecular flexibility index (Phi) is 3.92. The van der Waals surface area contributed by atoms with Gasteiger partial charge in [-0.3, -0.25) is 0 Å². The topological polar surface area (TPSA) is 12.0 Å². The summed E-state index contributed by atoms with van der Waals surface area (Å²) in [6, 6.07) is 7.84. The molecule has 0 spiro atoms. The van der Waals surface area contributed by atoms with Gasteiger partial charge in [0, 0.05) is 12.6 Å². The number of hydrogen-bond acceptors (Lipinski definition) is 1. The van der Waals surface area contributed by atoms with Crippen LogP contribution < -0.4 is 5.32 Å². The molecule has 0 heterocycles. The van der Waals surface area contributed by atoms with Gasteiger partial charge in [0.1, 0.15) is 11.6 Å². The second-order valence-corrected chi connectivity index (χ2v) is 4.13. The van der Waals surface area contributed by atoms with E-state index < -0.39 is 23.4 Å². The molecule has 0 atom stereocenters. The summed E-state index contributed by atoms with van der Waals surface area (Å²) in [6.07, 6.45) is -4.47. The van der Waals surface area contributed by atoms with Crippen molar-refractivity contribution in [3.8, 4) is 0 Å². The van der Waals surface area contributed by atoms with Gasteiger partial charge in [-0.1, -0.05) is 18.2 Å². The van der Waals surface area contributed by atoms with E-state index in [9.17, 15) is 22.0 Å². The maximum absolute atomic E-state index is 13.4. The highest BCUT2D eigenvalue weighted by atomic mass is 19.4. The van der Waals surface area contributed by atoms with Crippen molar-refractivity contribution in [3.63, 3.8) is 0 Å². The van der Waals surface area contributed by atoms with Crippen molar-refractivity contribution in [3.05, 3.63) is 65.2 Å². The molecule has 2 aromatic carbocycles. The largest absolute Gasteiger partial charge is 0.416 e. The smallest absolute Gasteiger partial charge is 0.379 e. The predicted octanol–water partition coefficient (Wildman–Crippen LogP) is 4.60. The Balaban J connectivity index is 2.19. The summed E-state index contributed by atoms with van der Waals surface area (Å²) in [7, 11) is 0. The van der Waals surface area contributed by atoms with Crippen LogP contribution in [-0.2, 0) is 12.7 Å². The van der Waals surface area contributed by atoms with Gasteiger partial charge in [-0.25, -0.2) is 8.78 Å². The summed E-state index contributed by atoms with van der Waals surface area (Å²) in [6.45, 7) is -0.210. The Bertz CT molecular complexity index is 607. The SMILES string of the molecule is Fc1ccc(NCc2ccccc2C(F)(F)F)c(F)c1. The van der Waals surface area contributed by atoms with Crippen molar-refractivity contribution < 1.29 is 22.0 Å². The second kappa shape index (κ2) is 5.48. The van der Waals surface area contributed by atoms with E-state index in [1.807, 2.05) is 0 Å². The van der Waals surface area contributed by atoms with Crippen molar-refractivity contribution in [1.82, 2.24) is 0 Å². The molecule has 0 aliphatic heterocycles. The zero-order valence-electron chi connectivity index (χ0n) is 10.1. The lowest BCUT2D eigenvalue weighted by Gasteiger charge is -2.14. The molecule has 0 aliphatic rings. The lowest BCUT2D eigenvalue weighted by Crippen LogP contribution is -2.12. The average molecular weight is 287 g/mol. The number of benzene rings is 2. The highest BCUT2D eigenvalue weighted by molar-refractivity contribution is 5.46. The lowest BCUT2D eigenvalue weighted by molar-refractivity contribution is -0.138. The normalized spacial score (nSPS) is 11.4. The van der Waals surface area contributed by atoms with Crippen molar-refractivity contribution in [2.75, 3.05) is 5.32 Å². The molecule has 0 aromatic heterocycles. The van der Waals surface area contributed by atoms with Gasteiger partial charge in [0.2, 0.25) is 0 Å². The molecule has 2 aromatic rings. The molecule has 6 heteroatoms. The van der Waals surface area contributed by atoms with Crippen molar-refractivity contribution >= 4 is 5.69 Å². The summed E-state index contributed by atoms with van der Waals surface area (Å²) in [5, 5.41) is 2.53. The number of rotatable bonds is 3. The highest BCUT2D eigenvalue weighted by Crippen LogP contribution is 2.32. The summed E-state index contributed by atoms with van der Waals surface area (Å²) in [5.41, 5.74) is -0.845. The minimum absolute atomic E-state index is 0.0104. The van der Waals surface area contributed by atoms with Gasteiger partial charge in [0.05, 0.1) is 11.3 Å². The maximum Gasteiger partial charge on any atom is 0.416 e. The molecule has 1 nitrogen and oxygen atoms in total. The van der Waals surface area contributed by atoms with E-state index in [1.165, 1.54) is 18.2 Å². The third-order valence-corrected chi connectivity index (χ3v) is 2.72. The van der Waals surface area contributed by atoms with Crippen molar-refractivity contribution in [1.29, 1.82) is 0 Å². The Morgan fingerprint density at radius 2 is 1.65 bits per heavy atom. The highest BCUT2D eigenvalue weighted by Gasteiger charge is 2.32. The van der Waals surface area contributed by atoms with E-state index in [4.69, 9.17) is 0 Å². The molecule has 0 bridgehead atoms. The molecule has 0 saturated carbocycles. The molecule has 0 saturated heterocycles. The van der Waals surface area contributed by atoms with Crippen LogP contribution in [0.25, 0.3) is 0 Å². The number of alkyl halides is 3. The average Bonchev–Trinajstić information content (AvgIpc) is 2.37. The molecule has 1 N–H and O–H groups in total. The molecule has 0 radical (unpaired) electrons. The van der Waals surface area contributed by atoms with Crippen LogP contribution in [0.4, 0.5) is 27.6 Å². The van der Waals surface area contributed by atoms with Gasteiger partial charge in [0.15, 0.2) is 0 Å². The molecule has 0 unspecified atom stereocenters. The van der Waals surface area contributed by atoms with Gasteiger partial charge >= 0.3 is 6.18 Å². The standard InChI is InChI=1S/C14H10F5N/c15-10-5-6-13(12(16)7-10)20-8-9-3-1-2-4-11(9)14(17,18)19/h1-7,20H,8H2. The Hall–Kier alpha value is -2.11. The first-order chi connectivity index (χ1) is 9.38. The Labute approximate surface area is 112 Å². The fourth-order valence-corrected chi connectivity index (χ4v) is 1.77. The van der Waals surface area contributed by atoms with E-state index >= 15 is 0 Å². The van der Waals surface area contributed by atoms with Gasteiger partial charge in [-0.05, 0) is 23.8 Å². The minimum Gasteiger partial charge on any atom is -0.379 e. The van der Waals surface area contributed by atoms with Gasteiger partial charge in [-0.15, -0.1) is 0 Å². The lowest BCUT2D eigenvalue weighted by atomic mass is 10.1. The first kappa shape index (κ1) is 14.3. The first-order valence-corrected chi connectivity index (χ1v) is 5.72. The van der Waals surface area contributed by atoms with Gasteiger partial charge in [0.25, 0.3) is 0 Å². The Morgan fingerprint density at radius 1 is 0.950 bits per heavy atom. The number of hydrogen-bond donors (Lipinski definition) is 1. The summed E-state index contributed by atoms with van der Waals surface area (Å²) in [4.78, 5) is 0. The fourth-order valence-electron chi connectivity index (χ4n) is 1.77. The summed E-state index contributed by atoms with van der Waals surface area (Å²) >= 11 is 0. The van der Waals surface area contributed by atoms with Crippen molar-refractivity contribution in [2.45, 2.75) is 12.7 Å². The van der Waals surface area contributed by atoms with Crippen LogP contribution in [0.2, 0.25) is 0 Å². The second-order valence-electron chi connectivity index (χ2n) is 4.13. The monoisotopic (exact) mass is 287 g/mol. The van der Waals surface area contributed by atoms with Crippen LogP contribution in [0.3, 0.4) is 0 Å². The number of nitrogens with one attached hydrogen (secondary N) is 1. The van der Waals surface area contributed by atoms with Gasteiger partial charge < -0.3 is 5.32 Å². The Morgan fingerprint density at radius 3 is 2.30 bits per heavy atom. The summed E-state index contributed by atoms with van der Waals surface area (Å²) in [5.74, 6) is -1.60. The van der Waals surface area contributed by atoms with E-state index in [-0.39, 0.29) is 17.8 Å². The molecule has 20 heavy (non-hydrogen) atoms. The van der Waals surface area contributed by atoms with E-state index in [0.717, 1.165) is 18.2 Å². The van der Waals surface area contributed by atoms with Crippen LogP contribution >= 0.6 is 0 Å². The first-order valence-electron chi connectivity index (χ1n) is 5.72. The quantitative estimate of drug-likeness (QED) is 0.814. The van der Waals surface area contributed by atoms with Crippen LogP contribution in [0.1, 0.15) is 11.1 Å². The maximum atomic E-state index is 13.4. The third-order valence-electron chi connectivity index (χ3n) is 2.72. The number of halogens is 5. The molecular weight excluding hydrogens is 277 g/mol. The molecule has 2 rings (SSSR count). The number of anilines is 1. The zero-order valence-corrected chi connectivity index (χ0v) is 10.1. The molecule has 0 amide bonds. The van der Waals surface area contributed by atoms with Crippen LogP contribution in [0, 0.1) is 11.6 Å². The molecule has 106 valence electrons. The van der Waals surface area contributed by atoms with Crippen LogP contribution in [-0.4, -0.2) is 0 Å². The third kappa shape index (κ3) is 3.26. The molecule has 0 fully saturated rings.